The lowest BCUT2D eigenvalue weighted by molar-refractivity contribution is 0.0754. The predicted octanol–water partition coefficient (Wildman–Crippen LogP) is 4.02. The van der Waals surface area contributed by atoms with Gasteiger partial charge in [-0.25, -0.2) is 0 Å². The summed E-state index contributed by atoms with van der Waals surface area (Å²) in [7, 11) is 3.39. The van der Waals surface area contributed by atoms with Crippen LogP contribution in [0, 0.1) is 6.92 Å². The number of hydrogen-bond donors (Lipinski definition) is 0. The molecule has 0 atom stereocenters. The van der Waals surface area contributed by atoms with E-state index in [4.69, 9.17) is 9.15 Å². The molecular weight excluding hydrogens is 290 g/mol. The molecule has 0 unspecified atom stereocenters. The molecule has 0 saturated carbocycles. The quantitative estimate of drug-likeness (QED) is 0.731. The summed E-state index contributed by atoms with van der Waals surface area (Å²) in [5.74, 6) is 1.03. The number of rotatable bonds is 4. The van der Waals surface area contributed by atoms with Crippen molar-refractivity contribution in [2.45, 2.75) is 13.5 Å². The second-order valence-corrected chi connectivity index (χ2v) is 5.53. The van der Waals surface area contributed by atoms with Crippen LogP contribution in [-0.4, -0.2) is 25.0 Å². The van der Waals surface area contributed by atoms with E-state index in [1.54, 1.807) is 19.1 Å². The Morgan fingerprint density at radius 3 is 2.57 bits per heavy atom. The van der Waals surface area contributed by atoms with Gasteiger partial charge in [0, 0.05) is 30.1 Å². The monoisotopic (exact) mass is 309 g/mol. The third-order valence-electron chi connectivity index (χ3n) is 3.98. The Morgan fingerprint density at radius 1 is 1.13 bits per heavy atom. The van der Waals surface area contributed by atoms with Gasteiger partial charge in [0.15, 0.2) is 5.76 Å². The summed E-state index contributed by atoms with van der Waals surface area (Å²) < 4.78 is 11.1. The zero-order chi connectivity index (χ0) is 16.4. The minimum Gasteiger partial charge on any atom is -0.496 e. The van der Waals surface area contributed by atoms with Crippen LogP contribution >= 0.6 is 0 Å². The number of methoxy groups -OCH3 is 1. The molecule has 0 saturated heterocycles. The van der Waals surface area contributed by atoms with Crippen LogP contribution in [0.5, 0.6) is 5.75 Å². The summed E-state index contributed by atoms with van der Waals surface area (Å²) in [6, 6.07) is 15.4. The number of carbonyl (C=O) groups is 1. The Labute approximate surface area is 135 Å². The highest BCUT2D eigenvalue weighted by molar-refractivity contribution is 5.98. The lowest BCUT2D eigenvalue weighted by Gasteiger charge is -2.18. The number of fused-ring (bicyclic) bond motifs is 1. The second kappa shape index (κ2) is 6.16. The molecule has 3 rings (SSSR count). The first kappa shape index (κ1) is 15.2. The molecule has 0 aliphatic rings. The average molecular weight is 309 g/mol. The van der Waals surface area contributed by atoms with Crippen LogP contribution in [0.3, 0.4) is 0 Å². The maximum atomic E-state index is 12.7. The number of para-hydroxylation sites is 2. The molecule has 0 aliphatic carbocycles. The summed E-state index contributed by atoms with van der Waals surface area (Å²) in [4.78, 5) is 14.4. The molecule has 23 heavy (non-hydrogen) atoms. The van der Waals surface area contributed by atoms with Gasteiger partial charge < -0.3 is 14.1 Å². The van der Waals surface area contributed by atoms with Gasteiger partial charge in [0.25, 0.3) is 5.91 Å². The maximum Gasteiger partial charge on any atom is 0.289 e. The van der Waals surface area contributed by atoms with Crippen LogP contribution in [0.2, 0.25) is 0 Å². The molecule has 1 amide bonds. The fourth-order valence-corrected chi connectivity index (χ4v) is 2.71. The van der Waals surface area contributed by atoms with E-state index in [1.807, 2.05) is 55.5 Å². The van der Waals surface area contributed by atoms with Crippen LogP contribution in [-0.2, 0) is 6.54 Å². The number of furan rings is 1. The van der Waals surface area contributed by atoms with Crippen LogP contribution in [0.15, 0.2) is 52.9 Å². The predicted molar refractivity (Wildman–Crippen MR) is 89.7 cm³/mol. The summed E-state index contributed by atoms with van der Waals surface area (Å²) in [6.07, 6.45) is 0. The first-order chi connectivity index (χ1) is 11.1. The van der Waals surface area contributed by atoms with Crippen molar-refractivity contribution in [1.29, 1.82) is 0 Å². The van der Waals surface area contributed by atoms with E-state index < -0.39 is 0 Å². The van der Waals surface area contributed by atoms with E-state index >= 15 is 0 Å². The molecule has 118 valence electrons. The molecule has 0 radical (unpaired) electrons. The molecule has 4 heteroatoms. The standard InChI is InChI=1S/C19H19NO3/c1-13-15-9-5-7-11-17(15)23-18(13)19(21)20(2)12-14-8-4-6-10-16(14)22-3/h4-11H,12H2,1-3H3. The Balaban J connectivity index is 1.88. The molecule has 1 aromatic heterocycles. The van der Waals surface area contributed by atoms with Gasteiger partial charge in [0.2, 0.25) is 0 Å². The van der Waals surface area contributed by atoms with Crippen LogP contribution < -0.4 is 4.74 Å². The van der Waals surface area contributed by atoms with Crippen LogP contribution in [0.4, 0.5) is 0 Å². The van der Waals surface area contributed by atoms with Crippen molar-refractivity contribution in [3.63, 3.8) is 0 Å². The molecule has 0 bridgehead atoms. The Morgan fingerprint density at radius 2 is 1.83 bits per heavy atom. The van der Waals surface area contributed by atoms with Gasteiger partial charge in [-0.1, -0.05) is 36.4 Å². The fourth-order valence-electron chi connectivity index (χ4n) is 2.71. The van der Waals surface area contributed by atoms with Crippen molar-refractivity contribution in [3.8, 4) is 5.75 Å². The zero-order valence-corrected chi connectivity index (χ0v) is 13.5. The Kier molecular flexibility index (Phi) is 4.06. The van der Waals surface area contributed by atoms with Gasteiger partial charge >= 0.3 is 0 Å². The van der Waals surface area contributed by atoms with Crippen molar-refractivity contribution in [2.75, 3.05) is 14.2 Å². The third kappa shape index (κ3) is 2.80. The highest BCUT2D eigenvalue weighted by Gasteiger charge is 2.21. The fraction of sp³-hybridized carbons (Fsp3) is 0.211. The molecular formula is C19H19NO3. The van der Waals surface area contributed by atoms with Crippen LogP contribution in [0.1, 0.15) is 21.7 Å². The lowest BCUT2D eigenvalue weighted by Crippen LogP contribution is -2.26. The lowest BCUT2D eigenvalue weighted by atomic mass is 10.1. The van der Waals surface area contributed by atoms with Gasteiger partial charge in [-0.05, 0) is 19.1 Å². The maximum absolute atomic E-state index is 12.7. The molecule has 3 aromatic rings. The molecule has 0 N–H and O–H groups in total. The molecule has 1 heterocycles. The number of carbonyl (C=O) groups excluding carboxylic acids is 1. The zero-order valence-electron chi connectivity index (χ0n) is 13.5. The summed E-state index contributed by atoms with van der Waals surface area (Å²) in [5, 5.41) is 0.974. The van der Waals surface area contributed by atoms with E-state index in [-0.39, 0.29) is 5.91 Å². The number of aryl methyl sites for hydroxylation is 1. The first-order valence-corrected chi connectivity index (χ1v) is 7.47. The Bertz CT molecular complexity index is 851. The van der Waals surface area contributed by atoms with E-state index in [2.05, 4.69) is 0 Å². The van der Waals surface area contributed by atoms with E-state index in [0.717, 1.165) is 27.8 Å². The minimum absolute atomic E-state index is 0.135. The summed E-state index contributed by atoms with van der Waals surface area (Å²) in [6.45, 7) is 2.37. The van der Waals surface area contributed by atoms with Crippen LogP contribution in [0.25, 0.3) is 11.0 Å². The smallest absolute Gasteiger partial charge is 0.289 e. The van der Waals surface area contributed by atoms with Crippen molar-refractivity contribution in [1.82, 2.24) is 4.90 Å². The topological polar surface area (TPSA) is 42.7 Å². The normalized spacial score (nSPS) is 10.7. The number of benzene rings is 2. The molecule has 0 fully saturated rings. The molecule has 2 aromatic carbocycles. The highest BCUT2D eigenvalue weighted by atomic mass is 16.5. The van der Waals surface area contributed by atoms with E-state index in [0.29, 0.717) is 12.3 Å². The average Bonchev–Trinajstić information content (AvgIpc) is 2.92. The third-order valence-corrected chi connectivity index (χ3v) is 3.98. The van der Waals surface area contributed by atoms with Gasteiger partial charge in [-0.3, -0.25) is 4.79 Å². The van der Waals surface area contributed by atoms with E-state index in [9.17, 15) is 4.79 Å². The summed E-state index contributed by atoms with van der Waals surface area (Å²) in [5.41, 5.74) is 2.57. The summed E-state index contributed by atoms with van der Waals surface area (Å²) >= 11 is 0. The second-order valence-electron chi connectivity index (χ2n) is 5.53. The Hall–Kier alpha value is -2.75. The number of amides is 1. The van der Waals surface area contributed by atoms with Gasteiger partial charge in [-0.2, -0.15) is 0 Å². The minimum atomic E-state index is -0.135. The molecule has 0 aliphatic heterocycles. The highest BCUT2D eigenvalue weighted by Crippen LogP contribution is 2.26. The van der Waals surface area contributed by atoms with Crippen molar-refractivity contribution in [3.05, 3.63) is 65.4 Å². The largest absolute Gasteiger partial charge is 0.496 e. The number of nitrogens with zero attached hydrogens (tertiary/aromatic N) is 1. The van der Waals surface area contributed by atoms with Crippen molar-refractivity contribution >= 4 is 16.9 Å². The van der Waals surface area contributed by atoms with Gasteiger partial charge in [-0.15, -0.1) is 0 Å². The first-order valence-electron chi connectivity index (χ1n) is 7.47. The van der Waals surface area contributed by atoms with Gasteiger partial charge in [0.05, 0.1) is 7.11 Å². The number of ether oxygens (including phenoxy) is 1. The van der Waals surface area contributed by atoms with E-state index in [1.165, 1.54) is 0 Å². The van der Waals surface area contributed by atoms with Crippen molar-refractivity contribution in [2.24, 2.45) is 0 Å². The molecule has 4 nitrogen and oxygen atoms in total. The SMILES string of the molecule is COc1ccccc1CN(C)C(=O)c1oc2ccccc2c1C. The van der Waals surface area contributed by atoms with Crippen molar-refractivity contribution < 1.29 is 13.9 Å². The van der Waals surface area contributed by atoms with Gasteiger partial charge in [0.1, 0.15) is 11.3 Å². The number of hydrogen-bond acceptors (Lipinski definition) is 3. The molecule has 0 spiro atoms.